The van der Waals surface area contributed by atoms with Gasteiger partial charge in [0.2, 0.25) is 5.95 Å². The van der Waals surface area contributed by atoms with Crippen molar-refractivity contribution in [3.63, 3.8) is 0 Å². The van der Waals surface area contributed by atoms with Crippen LogP contribution in [0.2, 0.25) is 0 Å². The second kappa shape index (κ2) is 7.72. The van der Waals surface area contributed by atoms with Crippen molar-refractivity contribution in [3.05, 3.63) is 45.4 Å². The number of H-pyrrole nitrogens is 1. The molecule has 172 valence electrons. The molecule has 1 aromatic carbocycles. The van der Waals surface area contributed by atoms with Gasteiger partial charge >= 0.3 is 5.69 Å². The fourth-order valence-corrected chi connectivity index (χ4v) is 5.22. The highest BCUT2D eigenvalue weighted by atomic mass is 16.5. The molecule has 34 heavy (non-hydrogen) atoms. The summed E-state index contributed by atoms with van der Waals surface area (Å²) in [6, 6.07) is 8.16. The van der Waals surface area contributed by atoms with Crippen molar-refractivity contribution in [1.82, 2.24) is 19.5 Å². The third-order valence-electron chi connectivity index (χ3n) is 6.59. The van der Waals surface area contributed by atoms with Crippen LogP contribution in [-0.4, -0.2) is 36.8 Å². The van der Waals surface area contributed by atoms with E-state index in [9.17, 15) is 15.2 Å². The largest absolute Gasteiger partial charge is 0.436 e. The number of fused-ring (bicyclic) bond motifs is 1. The van der Waals surface area contributed by atoms with Crippen LogP contribution in [0.4, 0.5) is 5.95 Å². The Morgan fingerprint density at radius 3 is 2.59 bits per heavy atom. The van der Waals surface area contributed by atoms with E-state index in [4.69, 9.17) is 10.00 Å². The van der Waals surface area contributed by atoms with Gasteiger partial charge in [-0.2, -0.15) is 20.5 Å². The van der Waals surface area contributed by atoms with Crippen LogP contribution in [0.1, 0.15) is 36.0 Å². The van der Waals surface area contributed by atoms with E-state index in [0.717, 1.165) is 36.0 Å². The van der Waals surface area contributed by atoms with E-state index in [0.29, 0.717) is 22.9 Å². The fraction of sp³-hybridized carbons (Fsp3) is 0.375. The highest BCUT2D eigenvalue weighted by Gasteiger charge is 2.69. The Morgan fingerprint density at radius 1 is 1.26 bits per heavy atom. The summed E-state index contributed by atoms with van der Waals surface area (Å²) in [6.45, 7) is 3.62. The number of hydrogen-bond acceptors (Lipinski definition) is 8. The standard InChI is InChI=1S/C24H23N7O3/c1-14-8-16(4-3-5-25)9-15(2)18(14)34-20-17-19(28-22(33)31(17)6-7-32)27-21(29-20)30-24-10-23(11-24,12-24)13-26/h3-4,8-9,32H,6-7,10-12H2,1-2H3,(H2,27,28,29,30,33)/b4-3+. The zero-order chi connectivity index (χ0) is 24.1. The first-order valence-corrected chi connectivity index (χ1v) is 11.0. The lowest BCUT2D eigenvalue weighted by Gasteiger charge is -2.66. The number of nitrogens with zero attached hydrogens (tertiary/aromatic N) is 5. The number of aromatic amines is 1. The first-order valence-electron chi connectivity index (χ1n) is 11.0. The van der Waals surface area contributed by atoms with Crippen molar-refractivity contribution in [3.8, 4) is 23.8 Å². The van der Waals surface area contributed by atoms with Crippen molar-refractivity contribution in [2.24, 2.45) is 5.41 Å². The van der Waals surface area contributed by atoms with Crippen LogP contribution in [0, 0.1) is 41.9 Å². The second-order valence-electron chi connectivity index (χ2n) is 9.23. The zero-order valence-electron chi connectivity index (χ0n) is 18.8. The Bertz CT molecular complexity index is 1440. The van der Waals surface area contributed by atoms with E-state index in [1.54, 1.807) is 6.08 Å². The van der Waals surface area contributed by atoms with Crippen LogP contribution < -0.4 is 15.7 Å². The topological polar surface area (TPSA) is 153 Å². The summed E-state index contributed by atoms with van der Waals surface area (Å²) in [6.07, 6.45) is 5.36. The molecule has 0 spiro atoms. The number of nitrogens with one attached hydrogen (secondary N) is 2. The van der Waals surface area contributed by atoms with Crippen molar-refractivity contribution in [1.29, 1.82) is 10.5 Å². The van der Waals surface area contributed by atoms with Crippen LogP contribution in [0.15, 0.2) is 23.0 Å². The summed E-state index contributed by atoms with van der Waals surface area (Å²) in [4.78, 5) is 24.4. The number of imidazole rings is 1. The van der Waals surface area contributed by atoms with Gasteiger partial charge in [-0.1, -0.05) is 0 Å². The van der Waals surface area contributed by atoms with Gasteiger partial charge in [-0.05, 0) is 68.0 Å². The number of aliphatic hydroxyl groups is 1. The maximum absolute atomic E-state index is 12.5. The minimum Gasteiger partial charge on any atom is -0.436 e. The van der Waals surface area contributed by atoms with Gasteiger partial charge in [-0.25, -0.2) is 4.79 Å². The molecule has 0 amide bonds. The molecule has 0 aliphatic heterocycles. The van der Waals surface area contributed by atoms with Crippen molar-refractivity contribution in [2.75, 3.05) is 11.9 Å². The first-order chi connectivity index (χ1) is 16.3. The van der Waals surface area contributed by atoms with Crippen LogP contribution in [0.3, 0.4) is 0 Å². The molecule has 10 heteroatoms. The van der Waals surface area contributed by atoms with Gasteiger partial charge < -0.3 is 15.2 Å². The molecular weight excluding hydrogens is 434 g/mol. The molecule has 2 aromatic heterocycles. The molecule has 0 saturated heterocycles. The number of nitriles is 2. The van der Waals surface area contributed by atoms with Crippen LogP contribution in [-0.2, 0) is 6.54 Å². The number of benzene rings is 1. The fourth-order valence-electron chi connectivity index (χ4n) is 5.22. The molecule has 10 nitrogen and oxygen atoms in total. The summed E-state index contributed by atoms with van der Waals surface area (Å²) >= 11 is 0. The van der Waals surface area contributed by atoms with Crippen LogP contribution in [0.5, 0.6) is 11.6 Å². The molecule has 3 N–H and O–H groups in total. The maximum Gasteiger partial charge on any atom is 0.327 e. The molecule has 2 bridgehead atoms. The number of aromatic nitrogens is 4. The van der Waals surface area contributed by atoms with Gasteiger partial charge in [0.1, 0.15) is 5.75 Å². The molecule has 0 radical (unpaired) electrons. The number of ether oxygens (including phenoxy) is 1. The van der Waals surface area contributed by atoms with E-state index in [-0.39, 0.29) is 30.0 Å². The van der Waals surface area contributed by atoms with Crippen molar-refractivity contribution in [2.45, 2.75) is 45.2 Å². The van der Waals surface area contributed by atoms with E-state index >= 15 is 0 Å². The number of allylic oxidation sites excluding steroid dienone is 1. The van der Waals surface area contributed by atoms with Crippen LogP contribution in [0.25, 0.3) is 17.2 Å². The van der Waals surface area contributed by atoms with Gasteiger partial charge in [-0.3, -0.25) is 9.55 Å². The Kier molecular flexibility index (Phi) is 4.92. The summed E-state index contributed by atoms with van der Waals surface area (Å²) in [7, 11) is 0. The van der Waals surface area contributed by atoms with E-state index in [1.165, 1.54) is 10.6 Å². The highest BCUT2D eigenvalue weighted by Crippen LogP contribution is 2.67. The Balaban J connectivity index is 1.56. The Morgan fingerprint density at radius 2 is 1.97 bits per heavy atom. The molecule has 2 heterocycles. The lowest BCUT2D eigenvalue weighted by atomic mass is 9.40. The van der Waals surface area contributed by atoms with E-state index in [1.807, 2.05) is 32.0 Å². The predicted octanol–water partition coefficient (Wildman–Crippen LogP) is 2.92. The minimum absolute atomic E-state index is 0.0653. The summed E-state index contributed by atoms with van der Waals surface area (Å²) < 4.78 is 7.64. The molecule has 3 aliphatic carbocycles. The number of hydrogen-bond donors (Lipinski definition) is 3. The molecule has 3 saturated carbocycles. The summed E-state index contributed by atoms with van der Waals surface area (Å²) in [5, 5.41) is 30.9. The molecule has 3 aromatic rings. The lowest BCUT2D eigenvalue weighted by molar-refractivity contribution is -0.0665. The number of aliphatic hydroxyl groups excluding tert-OH is 1. The molecule has 0 atom stereocenters. The first kappa shape index (κ1) is 21.7. The van der Waals surface area contributed by atoms with Crippen LogP contribution >= 0.6 is 0 Å². The second-order valence-corrected chi connectivity index (χ2v) is 9.23. The van der Waals surface area contributed by atoms with Gasteiger partial charge in [0, 0.05) is 11.6 Å². The van der Waals surface area contributed by atoms with Gasteiger partial charge in [0.05, 0.1) is 30.7 Å². The zero-order valence-corrected chi connectivity index (χ0v) is 18.8. The number of rotatable bonds is 7. The number of anilines is 1. The van der Waals surface area contributed by atoms with E-state index in [2.05, 4.69) is 26.3 Å². The highest BCUT2D eigenvalue weighted by molar-refractivity contribution is 5.79. The molecule has 3 aliphatic rings. The van der Waals surface area contributed by atoms with Crippen molar-refractivity contribution < 1.29 is 9.84 Å². The Hall–Kier alpha value is -4.15. The predicted molar refractivity (Wildman–Crippen MR) is 124 cm³/mol. The third-order valence-corrected chi connectivity index (χ3v) is 6.59. The lowest BCUT2D eigenvalue weighted by Crippen LogP contribution is -2.70. The van der Waals surface area contributed by atoms with Gasteiger partial charge in [0.15, 0.2) is 11.2 Å². The maximum atomic E-state index is 12.5. The molecule has 0 unspecified atom stereocenters. The molecule has 3 fully saturated rings. The quantitative estimate of drug-likeness (QED) is 0.458. The third kappa shape index (κ3) is 3.40. The summed E-state index contributed by atoms with van der Waals surface area (Å²) in [5.74, 6) is 1.08. The minimum atomic E-state index is -0.417. The average Bonchev–Trinajstić information content (AvgIpc) is 3.06. The Labute approximate surface area is 195 Å². The van der Waals surface area contributed by atoms with E-state index < -0.39 is 5.69 Å². The van der Waals surface area contributed by atoms with Gasteiger partial charge in [-0.15, -0.1) is 0 Å². The van der Waals surface area contributed by atoms with Gasteiger partial charge in [0.25, 0.3) is 5.88 Å². The summed E-state index contributed by atoms with van der Waals surface area (Å²) in [5.41, 5.74) is 2.36. The smallest absolute Gasteiger partial charge is 0.327 e. The average molecular weight is 457 g/mol. The molecule has 6 rings (SSSR count). The monoisotopic (exact) mass is 457 g/mol. The molecular formula is C24H23N7O3. The van der Waals surface area contributed by atoms with Crippen molar-refractivity contribution >= 4 is 23.2 Å². The normalized spacial score (nSPS) is 22.6. The SMILES string of the molecule is Cc1cc(/C=C/C#N)cc(C)c1Oc1nc(NC23CC(C#N)(C2)C3)nc2[nH]c(=O)n(CCO)c12. The number of aryl methyl sites for hydroxylation is 2.